The lowest BCUT2D eigenvalue weighted by molar-refractivity contribution is -0.130. The molecule has 2 N–H and O–H groups in total. The van der Waals surface area contributed by atoms with E-state index in [9.17, 15) is 9.59 Å². The van der Waals surface area contributed by atoms with Crippen LogP contribution in [-0.2, 0) is 4.79 Å². The lowest BCUT2D eigenvalue weighted by Gasteiger charge is -2.31. The maximum absolute atomic E-state index is 12.0. The number of piperidine rings is 1. The summed E-state index contributed by atoms with van der Waals surface area (Å²) in [5.41, 5.74) is 0. The van der Waals surface area contributed by atoms with Crippen molar-refractivity contribution < 1.29 is 9.59 Å². The first-order valence-electron chi connectivity index (χ1n) is 7.18. The number of hydrogen-bond acceptors (Lipinski definition) is 3. The molecule has 2 fully saturated rings. The van der Waals surface area contributed by atoms with Crippen molar-refractivity contribution in [3.8, 4) is 0 Å². The van der Waals surface area contributed by atoms with Crippen LogP contribution in [0.5, 0.6) is 0 Å². The van der Waals surface area contributed by atoms with Crippen LogP contribution in [0.2, 0.25) is 0 Å². The van der Waals surface area contributed by atoms with Crippen molar-refractivity contribution in [1.82, 2.24) is 20.4 Å². The van der Waals surface area contributed by atoms with Crippen LogP contribution in [0.4, 0.5) is 4.79 Å². The van der Waals surface area contributed by atoms with Crippen molar-refractivity contribution in [2.24, 2.45) is 5.92 Å². The molecule has 0 aromatic heterocycles. The molecule has 2 saturated heterocycles. The van der Waals surface area contributed by atoms with Gasteiger partial charge in [0, 0.05) is 39.3 Å². The third kappa shape index (κ3) is 4.09. The lowest BCUT2D eigenvalue weighted by Crippen LogP contribution is -2.51. The highest BCUT2D eigenvalue weighted by Gasteiger charge is 2.22. The zero-order chi connectivity index (χ0) is 13.7. The molecule has 2 rings (SSSR count). The SMILES string of the molecule is CC1CCCN(C(=O)NCC(=O)N2CCNCC2)C1. The van der Waals surface area contributed by atoms with Gasteiger partial charge in [-0.25, -0.2) is 4.79 Å². The first-order valence-corrected chi connectivity index (χ1v) is 7.18. The van der Waals surface area contributed by atoms with E-state index in [-0.39, 0.29) is 18.5 Å². The maximum Gasteiger partial charge on any atom is 0.317 e. The fraction of sp³-hybridized carbons (Fsp3) is 0.846. The predicted molar refractivity (Wildman–Crippen MR) is 72.8 cm³/mol. The Morgan fingerprint density at radius 2 is 1.95 bits per heavy atom. The van der Waals surface area contributed by atoms with Crippen molar-refractivity contribution in [2.75, 3.05) is 45.8 Å². The van der Waals surface area contributed by atoms with Crippen LogP contribution in [0.15, 0.2) is 0 Å². The average Bonchev–Trinajstić information content (AvgIpc) is 2.45. The van der Waals surface area contributed by atoms with Crippen LogP contribution in [-0.4, -0.2) is 67.6 Å². The Kier molecular flexibility index (Phi) is 5.01. The first-order chi connectivity index (χ1) is 9.16. The summed E-state index contributed by atoms with van der Waals surface area (Å²) in [6.45, 7) is 7.01. The number of carbonyl (C=O) groups is 2. The van der Waals surface area contributed by atoms with Gasteiger partial charge in [0.25, 0.3) is 0 Å². The molecule has 19 heavy (non-hydrogen) atoms. The van der Waals surface area contributed by atoms with E-state index in [1.807, 2.05) is 4.90 Å². The number of nitrogens with zero attached hydrogens (tertiary/aromatic N) is 2. The summed E-state index contributed by atoms with van der Waals surface area (Å²) in [6, 6.07) is -0.102. The fourth-order valence-corrected chi connectivity index (χ4v) is 2.66. The summed E-state index contributed by atoms with van der Waals surface area (Å²) >= 11 is 0. The molecular formula is C13H24N4O2. The lowest BCUT2D eigenvalue weighted by atomic mass is 10.0. The Bertz CT molecular complexity index is 329. The topological polar surface area (TPSA) is 64.7 Å². The molecule has 1 atom stereocenters. The Morgan fingerprint density at radius 1 is 1.21 bits per heavy atom. The van der Waals surface area contributed by atoms with Gasteiger partial charge in [-0.15, -0.1) is 0 Å². The molecule has 1 unspecified atom stereocenters. The smallest absolute Gasteiger partial charge is 0.317 e. The summed E-state index contributed by atoms with van der Waals surface area (Å²) in [4.78, 5) is 27.5. The van der Waals surface area contributed by atoms with Crippen LogP contribution < -0.4 is 10.6 Å². The summed E-state index contributed by atoms with van der Waals surface area (Å²) in [6.07, 6.45) is 2.24. The van der Waals surface area contributed by atoms with E-state index in [1.165, 1.54) is 6.42 Å². The van der Waals surface area contributed by atoms with Gasteiger partial charge in [-0.3, -0.25) is 4.79 Å². The van der Waals surface area contributed by atoms with Crippen LogP contribution in [0, 0.1) is 5.92 Å². The molecule has 2 heterocycles. The van der Waals surface area contributed by atoms with Crippen molar-refractivity contribution in [2.45, 2.75) is 19.8 Å². The molecule has 0 aliphatic carbocycles. The number of nitrogens with one attached hydrogen (secondary N) is 2. The second-order valence-corrected chi connectivity index (χ2v) is 5.48. The number of carbonyl (C=O) groups excluding carboxylic acids is 2. The van der Waals surface area contributed by atoms with Gasteiger partial charge in [0.05, 0.1) is 6.54 Å². The number of amides is 3. The van der Waals surface area contributed by atoms with Gasteiger partial charge >= 0.3 is 6.03 Å². The Hall–Kier alpha value is -1.30. The largest absolute Gasteiger partial charge is 0.339 e. The summed E-state index contributed by atoms with van der Waals surface area (Å²) < 4.78 is 0. The third-order valence-corrected chi connectivity index (χ3v) is 3.80. The second kappa shape index (κ2) is 6.75. The quantitative estimate of drug-likeness (QED) is 0.732. The Morgan fingerprint density at radius 3 is 2.63 bits per heavy atom. The summed E-state index contributed by atoms with van der Waals surface area (Å²) in [7, 11) is 0. The van der Waals surface area contributed by atoms with Gasteiger partial charge in [0.1, 0.15) is 0 Å². The van der Waals surface area contributed by atoms with Gasteiger partial charge in [0.2, 0.25) is 5.91 Å². The van der Waals surface area contributed by atoms with Gasteiger partial charge in [-0.05, 0) is 18.8 Å². The highest BCUT2D eigenvalue weighted by molar-refractivity contribution is 5.84. The van der Waals surface area contributed by atoms with E-state index >= 15 is 0 Å². The molecule has 6 heteroatoms. The molecule has 2 aliphatic heterocycles. The number of piperazine rings is 1. The first kappa shape index (κ1) is 14.1. The molecule has 108 valence electrons. The number of rotatable bonds is 2. The minimum absolute atomic E-state index is 0.0138. The van der Waals surface area contributed by atoms with Gasteiger partial charge in [-0.2, -0.15) is 0 Å². The average molecular weight is 268 g/mol. The van der Waals surface area contributed by atoms with Crippen LogP contribution >= 0.6 is 0 Å². The monoisotopic (exact) mass is 268 g/mol. The zero-order valence-electron chi connectivity index (χ0n) is 11.7. The van der Waals surface area contributed by atoms with Crippen molar-refractivity contribution in [1.29, 1.82) is 0 Å². The van der Waals surface area contributed by atoms with Crippen LogP contribution in [0.1, 0.15) is 19.8 Å². The minimum atomic E-state index is -0.102. The minimum Gasteiger partial charge on any atom is -0.339 e. The van der Waals surface area contributed by atoms with E-state index < -0.39 is 0 Å². The summed E-state index contributed by atoms with van der Waals surface area (Å²) in [5, 5.41) is 5.95. The molecule has 3 amide bonds. The van der Waals surface area contributed by atoms with E-state index in [1.54, 1.807) is 4.90 Å². The Balaban J connectivity index is 1.71. The van der Waals surface area contributed by atoms with E-state index in [2.05, 4.69) is 17.6 Å². The molecular weight excluding hydrogens is 244 g/mol. The van der Waals surface area contributed by atoms with E-state index in [0.717, 1.165) is 45.7 Å². The molecule has 0 spiro atoms. The highest BCUT2D eigenvalue weighted by Crippen LogP contribution is 2.15. The van der Waals surface area contributed by atoms with Crippen molar-refractivity contribution in [3.05, 3.63) is 0 Å². The zero-order valence-corrected chi connectivity index (χ0v) is 11.7. The van der Waals surface area contributed by atoms with Gasteiger partial charge in [-0.1, -0.05) is 6.92 Å². The van der Waals surface area contributed by atoms with Crippen molar-refractivity contribution in [3.63, 3.8) is 0 Å². The normalized spacial score (nSPS) is 24.2. The number of hydrogen-bond donors (Lipinski definition) is 2. The molecule has 0 saturated carbocycles. The predicted octanol–water partition coefficient (Wildman–Crippen LogP) is -0.140. The van der Waals surface area contributed by atoms with Crippen molar-refractivity contribution >= 4 is 11.9 Å². The fourth-order valence-electron chi connectivity index (χ4n) is 2.66. The van der Waals surface area contributed by atoms with Crippen LogP contribution in [0.25, 0.3) is 0 Å². The standard InChI is InChI=1S/C13H24N4O2/c1-11-3-2-6-17(10-11)13(19)15-9-12(18)16-7-4-14-5-8-16/h11,14H,2-10H2,1H3,(H,15,19). The number of urea groups is 1. The molecule has 2 aliphatic rings. The molecule has 6 nitrogen and oxygen atoms in total. The van der Waals surface area contributed by atoms with Gasteiger partial charge < -0.3 is 20.4 Å². The third-order valence-electron chi connectivity index (χ3n) is 3.80. The molecule has 0 aromatic rings. The molecule has 0 bridgehead atoms. The number of likely N-dealkylation sites (tertiary alicyclic amines) is 1. The maximum atomic E-state index is 12.0. The summed E-state index contributed by atoms with van der Waals surface area (Å²) in [5.74, 6) is 0.572. The van der Waals surface area contributed by atoms with Crippen LogP contribution in [0.3, 0.4) is 0 Å². The highest BCUT2D eigenvalue weighted by atomic mass is 16.2. The van der Waals surface area contributed by atoms with E-state index in [0.29, 0.717) is 5.92 Å². The Labute approximate surface area is 114 Å². The molecule has 0 radical (unpaired) electrons. The van der Waals surface area contributed by atoms with Gasteiger partial charge in [0.15, 0.2) is 0 Å². The van der Waals surface area contributed by atoms with E-state index in [4.69, 9.17) is 0 Å². The second-order valence-electron chi connectivity index (χ2n) is 5.48. The molecule has 0 aromatic carbocycles.